The molecule has 0 aromatic carbocycles. The van der Waals surface area contributed by atoms with Crippen molar-refractivity contribution in [2.24, 2.45) is 0 Å². The van der Waals surface area contributed by atoms with Crippen LogP contribution >= 0.6 is 22.6 Å². The normalized spacial score (nSPS) is 9.40. The maximum absolute atomic E-state index is 10.6. The van der Waals surface area contributed by atoms with Gasteiger partial charge < -0.3 is 10.1 Å². The maximum Gasteiger partial charge on any atom is 0.319 e. The molecule has 0 bridgehead atoms. The van der Waals surface area contributed by atoms with Crippen molar-refractivity contribution in [3.63, 3.8) is 0 Å². The number of hydrogen-bond acceptors (Lipinski definition) is 3. The van der Waals surface area contributed by atoms with Gasteiger partial charge in [0.25, 0.3) is 0 Å². The van der Waals surface area contributed by atoms with Gasteiger partial charge in [0.1, 0.15) is 0 Å². The highest BCUT2D eigenvalue weighted by atomic mass is 127. The van der Waals surface area contributed by atoms with E-state index in [0.717, 1.165) is 11.0 Å². The van der Waals surface area contributed by atoms with Gasteiger partial charge in [-0.15, -0.1) is 0 Å². The number of carbonyl (C=O) groups is 1. The third-order valence-corrected chi connectivity index (χ3v) is 1.39. The molecule has 0 aromatic heterocycles. The molecule has 0 atom stereocenters. The van der Waals surface area contributed by atoms with Crippen LogP contribution in [0, 0.1) is 0 Å². The third-order valence-electron chi connectivity index (χ3n) is 0.846. The first kappa shape index (κ1) is 10.2. The molecule has 0 radical (unpaired) electrons. The second kappa shape index (κ2) is 7.27. The minimum Gasteiger partial charge on any atom is -0.465 e. The van der Waals surface area contributed by atoms with Crippen molar-refractivity contribution in [3.05, 3.63) is 0 Å². The number of rotatable bonds is 5. The van der Waals surface area contributed by atoms with Gasteiger partial charge in [-0.05, 0) is 6.92 Å². The van der Waals surface area contributed by atoms with Crippen LogP contribution in [0.3, 0.4) is 0 Å². The van der Waals surface area contributed by atoms with Crippen molar-refractivity contribution in [1.29, 1.82) is 0 Å². The molecule has 0 rings (SSSR count). The summed E-state index contributed by atoms with van der Waals surface area (Å²) in [7, 11) is 0. The van der Waals surface area contributed by atoms with Crippen molar-refractivity contribution >= 4 is 28.6 Å². The lowest BCUT2D eigenvalue weighted by Gasteiger charge is -2.01. The molecule has 0 saturated heterocycles. The molecule has 0 aliphatic rings. The molecule has 0 unspecified atom stereocenters. The monoisotopic (exact) mass is 257 g/mol. The summed E-state index contributed by atoms with van der Waals surface area (Å²) >= 11 is 2.24. The first-order chi connectivity index (χ1) is 4.81. The molecule has 0 amide bonds. The third kappa shape index (κ3) is 6.28. The second-order valence-corrected chi connectivity index (χ2v) is 2.75. The summed E-state index contributed by atoms with van der Waals surface area (Å²) in [4.78, 5) is 10.6. The largest absolute Gasteiger partial charge is 0.465 e. The van der Waals surface area contributed by atoms with E-state index >= 15 is 0 Å². The highest BCUT2D eigenvalue weighted by Gasteiger charge is 1.97. The molecule has 0 heterocycles. The van der Waals surface area contributed by atoms with Crippen molar-refractivity contribution in [1.82, 2.24) is 5.32 Å². The van der Waals surface area contributed by atoms with Gasteiger partial charge in [0, 0.05) is 11.0 Å². The standard InChI is InChI=1S/C6H12INO2/c1-2-10-6(9)5-8-4-3-7/h8H,2-5H2,1H3. The van der Waals surface area contributed by atoms with Crippen molar-refractivity contribution in [3.8, 4) is 0 Å². The minimum absolute atomic E-state index is 0.174. The molecule has 4 heteroatoms. The van der Waals surface area contributed by atoms with E-state index in [1.165, 1.54) is 0 Å². The van der Waals surface area contributed by atoms with E-state index in [1.807, 2.05) is 0 Å². The lowest BCUT2D eigenvalue weighted by Crippen LogP contribution is -2.26. The highest BCUT2D eigenvalue weighted by Crippen LogP contribution is 1.78. The molecule has 10 heavy (non-hydrogen) atoms. The Bertz CT molecular complexity index is 97.7. The molecular formula is C6H12INO2. The van der Waals surface area contributed by atoms with Crippen LogP contribution in [0.2, 0.25) is 0 Å². The smallest absolute Gasteiger partial charge is 0.319 e. The Balaban J connectivity index is 3.05. The summed E-state index contributed by atoms with van der Waals surface area (Å²) in [5, 5.41) is 2.94. The Kier molecular flexibility index (Phi) is 7.39. The predicted molar refractivity (Wildman–Crippen MR) is 48.4 cm³/mol. The summed E-state index contributed by atoms with van der Waals surface area (Å²) < 4.78 is 5.70. The number of nitrogens with one attached hydrogen (secondary N) is 1. The van der Waals surface area contributed by atoms with Gasteiger partial charge in [-0.2, -0.15) is 0 Å². The van der Waals surface area contributed by atoms with Gasteiger partial charge >= 0.3 is 5.97 Å². The fraction of sp³-hybridized carbons (Fsp3) is 0.833. The minimum atomic E-state index is -0.174. The molecule has 3 nitrogen and oxygen atoms in total. The molecule has 0 saturated carbocycles. The molecule has 1 N–H and O–H groups in total. The van der Waals surface area contributed by atoms with E-state index in [0.29, 0.717) is 13.2 Å². The molecule has 0 fully saturated rings. The highest BCUT2D eigenvalue weighted by molar-refractivity contribution is 14.1. The zero-order chi connectivity index (χ0) is 7.82. The predicted octanol–water partition coefficient (Wildman–Crippen LogP) is 0.574. The summed E-state index contributed by atoms with van der Waals surface area (Å²) in [6.45, 7) is 3.46. The van der Waals surface area contributed by atoms with Crippen LogP contribution in [0.5, 0.6) is 0 Å². The summed E-state index contributed by atoms with van der Waals surface area (Å²) in [6.07, 6.45) is 0. The number of esters is 1. The van der Waals surface area contributed by atoms with Gasteiger partial charge in [0.15, 0.2) is 0 Å². The van der Waals surface area contributed by atoms with E-state index < -0.39 is 0 Å². The van der Waals surface area contributed by atoms with Crippen molar-refractivity contribution in [2.75, 3.05) is 24.1 Å². The molecule has 0 spiro atoms. The quantitative estimate of drug-likeness (QED) is 0.339. The van der Waals surface area contributed by atoms with Gasteiger partial charge in [-0.3, -0.25) is 4.79 Å². The van der Waals surface area contributed by atoms with E-state index in [9.17, 15) is 4.79 Å². The van der Waals surface area contributed by atoms with Crippen LogP contribution in [-0.2, 0) is 9.53 Å². The van der Waals surface area contributed by atoms with Crippen LogP contribution in [-0.4, -0.2) is 30.1 Å². The lowest BCUT2D eigenvalue weighted by molar-refractivity contribution is -0.141. The fourth-order valence-corrected chi connectivity index (χ4v) is 0.851. The Labute approximate surface area is 74.7 Å². The van der Waals surface area contributed by atoms with Crippen LogP contribution in [0.4, 0.5) is 0 Å². The average molecular weight is 257 g/mol. The Morgan fingerprint density at radius 1 is 1.70 bits per heavy atom. The Hall–Kier alpha value is 0.160. The first-order valence-electron chi connectivity index (χ1n) is 3.23. The van der Waals surface area contributed by atoms with E-state index in [2.05, 4.69) is 32.6 Å². The molecule has 0 aliphatic carbocycles. The molecule has 60 valence electrons. The van der Waals surface area contributed by atoms with E-state index in [-0.39, 0.29) is 5.97 Å². The summed E-state index contributed by atoms with van der Waals surface area (Å²) in [5.74, 6) is -0.174. The zero-order valence-electron chi connectivity index (χ0n) is 6.02. The molecule has 0 aromatic rings. The Morgan fingerprint density at radius 3 is 2.90 bits per heavy atom. The number of ether oxygens (including phenoxy) is 1. The van der Waals surface area contributed by atoms with Gasteiger partial charge in [-0.25, -0.2) is 0 Å². The molecular weight excluding hydrogens is 245 g/mol. The van der Waals surface area contributed by atoms with E-state index in [1.54, 1.807) is 6.92 Å². The molecule has 0 aliphatic heterocycles. The number of carbonyl (C=O) groups excluding carboxylic acids is 1. The SMILES string of the molecule is CCOC(=O)CNCCI. The first-order valence-corrected chi connectivity index (χ1v) is 4.76. The van der Waals surface area contributed by atoms with Crippen LogP contribution in [0.25, 0.3) is 0 Å². The number of halogens is 1. The maximum atomic E-state index is 10.6. The zero-order valence-corrected chi connectivity index (χ0v) is 8.18. The van der Waals surface area contributed by atoms with Crippen LogP contribution in [0.1, 0.15) is 6.92 Å². The lowest BCUT2D eigenvalue weighted by atomic mass is 10.6. The average Bonchev–Trinajstić information content (AvgIpc) is 1.89. The van der Waals surface area contributed by atoms with Crippen molar-refractivity contribution < 1.29 is 9.53 Å². The van der Waals surface area contributed by atoms with Crippen LogP contribution < -0.4 is 5.32 Å². The van der Waals surface area contributed by atoms with Gasteiger partial charge in [0.05, 0.1) is 13.2 Å². The number of hydrogen-bond donors (Lipinski definition) is 1. The van der Waals surface area contributed by atoms with E-state index in [4.69, 9.17) is 0 Å². The summed E-state index contributed by atoms with van der Waals surface area (Å²) in [5.41, 5.74) is 0. The fourth-order valence-electron chi connectivity index (χ4n) is 0.469. The topological polar surface area (TPSA) is 38.3 Å². The summed E-state index contributed by atoms with van der Waals surface area (Å²) in [6, 6.07) is 0. The van der Waals surface area contributed by atoms with Crippen molar-refractivity contribution in [2.45, 2.75) is 6.92 Å². The van der Waals surface area contributed by atoms with Gasteiger partial charge in [0.2, 0.25) is 0 Å². The van der Waals surface area contributed by atoms with Gasteiger partial charge in [-0.1, -0.05) is 22.6 Å². The number of alkyl halides is 1. The second-order valence-electron chi connectivity index (χ2n) is 1.67. The van der Waals surface area contributed by atoms with Crippen LogP contribution in [0.15, 0.2) is 0 Å². The Morgan fingerprint density at radius 2 is 2.40 bits per heavy atom.